The molecule has 2 atom stereocenters. The van der Waals surface area contributed by atoms with Gasteiger partial charge in [-0.2, -0.15) is 0 Å². The van der Waals surface area contributed by atoms with E-state index >= 15 is 0 Å². The van der Waals surface area contributed by atoms with Gasteiger partial charge in [-0.3, -0.25) is 4.79 Å². The summed E-state index contributed by atoms with van der Waals surface area (Å²) in [5.74, 6) is -0.0734. The van der Waals surface area contributed by atoms with Crippen LogP contribution in [0.15, 0.2) is 23.1 Å². The highest BCUT2D eigenvalue weighted by Gasteiger charge is 2.27. The van der Waals surface area contributed by atoms with E-state index in [4.69, 9.17) is 0 Å². The Kier molecular flexibility index (Phi) is 8.96. The van der Waals surface area contributed by atoms with Gasteiger partial charge in [0.2, 0.25) is 15.9 Å². The Bertz CT molecular complexity index is 780. The van der Waals surface area contributed by atoms with Crippen LogP contribution in [0.1, 0.15) is 79.1 Å². The molecule has 29 heavy (non-hydrogen) atoms. The lowest BCUT2D eigenvalue weighted by Crippen LogP contribution is -2.39. The number of benzene rings is 1. The maximum atomic E-state index is 13.2. The molecule has 2 N–H and O–H groups in total. The molecule has 1 aliphatic heterocycles. The molecule has 0 radical (unpaired) electrons. The predicted molar refractivity (Wildman–Crippen MR) is 120 cm³/mol. The zero-order chi connectivity index (χ0) is 21.4. The van der Waals surface area contributed by atoms with Crippen LogP contribution < -0.4 is 14.9 Å². The van der Waals surface area contributed by atoms with Gasteiger partial charge in [0.15, 0.2) is 0 Å². The van der Waals surface area contributed by atoms with Crippen molar-refractivity contribution in [2.75, 3.05) is 16.8 Å². The van der Waals surface area contributed by atoms with Gasteiger partial charge in [-0.1, -0.05) is 26.7 Å². The van der Waals surface area contributed by atoms with Crippen molar-refractivity contribution in [3.63, 3.8) is 0 Å². The number of carbonyl (C=O) groups is 1. The maximum Gasteiger partial charge on any atom is 0.242 e. The van der Waals surface area contributed by atoms with Gasteiger partial charge >= 0.3 is 0 Å². The van der Waals surface area contributed by atoms with Gasteiger partial charge in [0.1, 0.15) is 4.90 Å². The smallest absolute Gasteiger partial charge is 0.242 e. The Morgan fingerprint density at radius 1 is 1.24 bits per heavy atom. The Balaban J connectivity index is 2.34. The lowest BCUT2D eigenvalue weighted by molar-refractivity contribution is -0.116. The van der Waals surface area contributed by atoms with Crippen molar-refractivity contribution < 1.29 is 13.2 Å². The van der Waals surface area contributed by atoms with Crippen LogP contribution in [0.25, 0.3) is 0 Å². The second-order valence-corrected chi connectivity index (χ2v) is 9.84. The van der Waals surface area contributed by atoms with Crippen molar-refractivity contribution in [1.29, 1.82) is 0 Å². The first-order chi connectivity index (χ1) is 13.8. The summed E-state index contributed by atoms with van der Waals surface area (Å²) in [6.07, 6.45) is 7.34. The average Bonchev–Trinajstić information content (AvgIpc) is 2.68. The summed E-state index contributed by atoms with van der Waals surface area (Å²) in [5, 5.41) is 2.87. The van der Waals surface area contributed by atoms with Gasteiger partial charge in [0, 0.05) is 30.7 Å². The molecule has 2 unspecified atom stereocenters. The number of sulfonamides is 1. The molecule has 2 rings (SSSR count). The molecular formula is C22H37N3O3S. The molecule has 1 heterocycles. The van der Waals surface area contributed by atoms with Crippen LogP contribution >= 0.6 is 0 Å². The van der Waals surface area contributed by atoms with Gasteiger partial charge in [-0.15, -0.1) is 0 Å². The van der Waals surface area contributed by atoms with E-state index in [1.165, 1.54) is 0 Å². The van der Waals surface area contributed by atoms with Crippen LogP contribution in [0, 0.1) is 0 Å². The maximum absolute atomic E-state index is 13.2. The number of hydrogen-bond acceptors (Lipinski definition) is 4. The van der Waals surface area contributed by atoms with Gasteiger partial charge in [-0.05, 0) is 64.2 Å². The molecule has 1 saturated heterocycles. The van der Waals surface area contributed by atoms with Gasteiger partial charge in [0.25, 0.3) is 0 Å². The Labute approximate surface area is 176 Å². The van der Waals surface area contributed by atoms with Crippen LogP contribution in [-0.2, 0) is 14.8 Å². The van der Waals surface area contributed by atoms with Crippen LogP contribution in [0.2, 0.25) is 0 Å². The number of nitrogens with one attached hydrogen (secondary N) is 2. The molecule has 1 aromatic rings. The molecule has 0 aliphatic carbocycles. The van der Waals surface area contributed by atoms with Crippen molar-refractivity contribution >= 4 is 27.3 Å². The number of unbranched alkanes of at least 4 members (excludes halogenated alkanes) is 2. The first kappa shape index (κ1) is 23.7. The van der Waals surface area contributed by atoms with Crippen molar-refractivity contribution in [2.45, 2.75) is 96.0 Å². The molecule has 6 nitrogen and oxygen atoms in total. The van der Waals surface area contributed by atoms with Crippen molar-refractivity contribution in [3.05, 3.63) is 18.2 Å². The van der Waals surface area contributed by atoms with E-state index in [-0.39, 0.29) is 22.9 Å². The third-order valence-corrected chi connectivity index (χ3v) is 7.24. The Morgan fingerprint density at radius 3 is 2.66 bits per heavy atom. The predicted octanol–water partition coefficient (Wildman–Crippen LogP) is 4.66. The normalized spacial score (nSPS) is 18.5. The lowest BCUT2D eigenvalue weighted by atomic mass is 10.0. The molecule has 1 fully saturated rings. The van der Waals surface area contributed by atoms with E-state index in [1.54, 1.807) is 6.07 Å². The fourth-order valence-corrected chi connectivity index (χ4v) is 5.24. The fourth-order valence-electron chi connectivity index (χ4n) is 3.67. The molecule has 0 aromatic heterocycles. The summed E-state index contributed by atoms with van der Waals surface area (Å²) in [7, 11) is -3.70. The zero-order valence-electron chi connectivity index (χ0n) is 18.3. The molecular weight excluding hydrogens is 386 g/mol. The highest BCUT2D eigenvalue weighted by atomic mass is 32.2. The summed E-state index contributed by atoms with van der Waals surface area (Å²) >= 11 is 0. The van der Waals surface area contributed by atoms with Crippen LogP contribution in [0.5, 0.6) is 0 Å². The second-order valence-electron chi connectivity index (χ2n) is 8.16. The molecule has 0 bridgehead atoms. The highest BCUT2D eigenvalue weighted by Crippen LogP contribution is 2.33. The number of amides is 1. The standard InChI is InChI=1S/C22H37N3O3S/c1-5-7-8-12-22(26)23-19-13-14-20(25-15-10-9-11-18(25)4)21(16-19)29(27,28)24-17(3)6-2/h13-14,16-18,24H,5-12,15H2,1-4H3,(H,23,26). The summed E-state index contributed by atoms with van der Waals surface area (Å²) < 4.78 is 29.1. The monoisotopic (exact) mass is 423 g/mol. The lowest BCUT2D eigenvalue weighted by Gasteiger charge is -2.36. The number of carbonyl (C=O) groups excluding carboxylic acids is 1. The highest BCUT2D eigenvalue weighted by molar-refractivity contribution is 7.89. The number of piperidine rings is 1. The molecule has 164 valence electrons. The Hall–Kier alpha value is -1.60. The fraction of sp³-hybridized carbons (Fsp3) is 0.682. The van der Waals surface area contributed by atoms with E-state index in [9.17, 15) is 13.2 Å². The number of hydrogen-bond donors (Lipinski definition) is 2. The van der Waals surface area contributed by atoms with Crippen LogP contribution in [0.4, 0.5) is 11.4 Å². The number of anilines is 2. The minimum atomic E-state index is -3.70. The van der Waals surface area contributed by atoms with Crippen LogP contribution in [-0.4, -0.2) is 33.0 Å². The van der Waals surface area contributed by atoms with Crippen molar-refractivity contribution in [3.8, 4) is 0 Å². The third-order valence-electron chi connectivity index (χ3n) is 5.62. The van der Waals surface area contributed by atoms with E-state index in [2.05, 4.69) is 28.8 Å². The first-order valence-electron chi connectivity index (χ1n) is 11.0. The van der Waals surface area contributed by atoms with E-state index in [0.29, 0.717) is 18.5 Å². The summed E-state index contributed by atoms with van der Waals surface area (Å²) in [4.78, 5) is 14.7. The number of rotatable bonds is 10. The summed E-state index contributed by atoms with van der Waals surface area (Å²) in [5.41, 5.74) is 1.25. The molecule has 1 aromatic carbocycles. The minimum absolute atomic E-state index is 0.0734. The molecule has 0 saturated carbocycles. The van der Waals surface area contributed by atoms with Crippen molar-refractivity contribution in [1.82, 2.24) is 4.72 Å². The third kappa shape index (κ3) is 6.71. The zero-order valence-corrected chi connectivity index (χ0v) is 19.1. The van der Waals surface area contributed by atoms with Crippen molar-refractivity contribution in [2.24, 2.45) is 0 Å². The topological polar surface area (TPSA) is 78.5 Å². The van der Waals surface area contributed by atoms with Gasteiger partial charge in [0.05, 0.1) is 5.69 Å². The van der Waals surface area contributed by atoms with E-state index < -0.39 is 10.0 Å². The molecule has 7 heteroatoms. The van der Waals surface area contributed by atoms with Crippen LogP contribution in [0.3, 0.4) is 0 Å². The summed E-state index contributed by atoms with van der Waals surface area (Å²) in [6.45, 7) is 8.89. The first-order valence-corrected chi connectivity index (χ1v) is 12.5. The average molecular weight is 424 g/mol. The SMILES string of the molecule is CCCCCC(=O)Nc1ccc(N2CCCCC2C)c(S(=O)(=O)NC(C)CC)c1. The van der Waals surface area contributed by atoms with Gasteiger partial charge < -0.3 is 10.2 Å². The van der Waals surface area contributed by atoms with E-state index in [1.807, 2.05) is 26.0 Å². The van der Waals surface area contributed by atoms with E-state index in [0.717, 1.165) is 50.8 Å². The minimum Gasteiger partial charge on any atom is -0.368 e. The molecule has 0 spiro atoms. The quantitative estimate of drug-likeness (QED) is 0.537. The molecule has 1 amide bonds. The largest absolute Gasteiger partial charge is 0.368 e. The summed E-state index contributed by atoms with van der Waals surface area (Å²) in [6, 6.07) is 5.40. The Morgan fingerprint density at radius 2 is 2.00 bits per heavy atom. The molecule has 1 aliphatic rings. The van der Waals surface area contributed by atoms with Gasteiger partial charge in [-0.25, -0.2) is 13.1 Å². The second kappa shape index (κ2) is 11.0. The number of nitrogens with zero attached hydrogens (tertiary/aromatic N) is 1.